The zero-order valence-corrected chi connectivity index (χ0v) is 19.1. The van der Waals surface area contributed by atoms with Gasteiger partial charge in [-0.05, 0) is 52.9 Å². The van der Waals surface area contributed by atoms with Crippen molar-refractivity contribution in [2.24, 2.45) is 0 Å². The van der Waals surface area contributed by atoms with E-state index in [0.29, 0.717) is 6.42 Å². The number of rotatable bonds is 18. The maximum atomic E-state index is 11.7. The summed E-state index contributed by atoms with van der Waals surface area (Å²) in [5.74, 6) is -3.84. The number of hydrogen-bond donors (Lipinski definition) is 2. The molecule has 0 aliphatic rings. The Bertz CT molecular complexity index is 510. The van der Waals surface area contributed by atoms with Crippen molar-refractivity contribution in [2.75, 3.05) is 6.54 Å². The highest BCUT2D eigenvalue weighted by Crippen LogP contribution is 2.27. The minimum atomic E-state index is -1.43. The monoisotopic (exact) mass is 427 g/mol. The second-order valence-corrected chi connectivity index (χ2v) is 8.27. The van der Waals surface area contributed by atoms with Crippen molar-refractivity contribution in [3.8, 4) is 0 Å². The molecule has 0 saturated carbocycles. The molecule has 0 aromatic heterocycles. The number of unbranched alkanes of at least 4 members (excludes halogenated alkanes) is 8. The highest BCUT2D eigenvalue weighted by molar-refractivity contribution is 5.76. The lowest BCUT2D eigenvalue weighted by Crippen LogP contribution is -2.72. The summed E-state index contributed by atoms with van der Waals surface area (Å²) in [4.78, 5) is 35.0. The van der Waals surface area contributed by atoms with Gasteiger partial charge in [-0.25, -0.2) is 9.59 Å². The minimum Gasteiger partial charge on any atom is -0.544 e. The molecule has 0 aromatic rings. The second kappa shape index (κ2) is 15.0. The summed E-state index contributed by atoms with van der Waals surface area (Å²) < 4.78 is -0.546. The van der Waals surface area contributed by atoms with Crippen LogP contribution in [0.3, 0.4) is 0 Å². The van der Waals surface area contributed by atoms with Gasteiger partial charge in [-0.2, -0.15) is 0 Å². The standard InChI is InChI=1S/C23H41NO6/c1-5-6-7-8-9-10-11-12-13-14-15-16-17-24(18(2)21(25)26,19(3)22(27)28)20(4)23(29)30/h8-9,18-20H,5-7,10-17H2,1-4H3,(H2-,25,26,27,28,29,30)/b9-8+. The molecule has 0 saturated heterocycles. The number of carbonyl (C=O) groups is 3. The van der Waals surface area contributed by atoms with Gasteiger partial charge in [0.2, 0.25) is 0 Å². The van der Waals surface area contributed by atoms with E-state index >= 15 is 0 Å². The van der Waals surface area contributed by atoms with Crippen molar-refractivity contribution in [3.63, 3.8) is 0 Å². The van der Waals surface area contributed by atoms with Crippen molar-refractivity contribution < 1.29 is 34.2 Å². The number of aliphatic carboxylic acids is 3. The summed E-state index contributed by atoms with van der Waals surface area (Å²) in [5, 5.41) is 30.7. The van der Waals surface area contributed by atoms with Crippen LogP contribution in [0.4, 0.5) is 0 Å². The van der Waals surface area contributed by atoms with Crippen LogP contribution >= 0.6 is 0 Å². The average Bonchev–Trinajstić information content (AvgIpc) is 2.70. The number of carboxylic acids is 3. The molecule has 7 heteroatoms. The Morgan fingerprint density at radius 3 is 1.63 bits per heavy atom. The van der Waals surface area contributed by atoms with E-state index in [1.54, 1.807) is 0 Å². The molecule has 0 aliphatic carbocycles. The molecule has 0 fully saturated rings. The Labute approximate surface area is 181 Å². The molecule has 3 unspecified atom stereocenters. The van der Waals surface area contributed by atoms with Gasteiger partial charge in [-0.15, -0.1) is 0 Å². The van der Waals surface area contributed by atoms with E-state index in [0.717, 1.165) is 44.9 Å². The van der Waals surface area contributed by atoms with Gasteiger partial charge >= 0.3 is 11.9 Å². The van der Waals surface area contributed by atoms with Crippen LogP contribution in [0.25, 0.3) is 0 Å². The Kier molecular flexibility index (Phi) is 14.0. The van der Waals surface area contributed by atoms with E-state index in [1.807, 2.05) is 0 Å². The Balaban J connectivity index is 4.73. The number of quaternary nitrogens is 1. The van der Waals surface area contributed by atoms with Gasteiger partial charge < -0.3 is 20.1 Å². The molecule has 174 valence electrons. The first-order chi connectivity index (χ1) is 14.1. The van der Waals surface area contributed by atoms with Crippen molar-refractivity contribution >= 4 is 17.9 Å². The quantitative estimate of drug-likeness (QED) is 0.197. The molecule has 0 radical (unpaired) electrons. The predicted molar refractivity (Wildman–Crippen MR) is 115 cm³/mol. The molecular formula is C23H41NO6. The van der Waals surface area contributed by atoms with Crippen LogP contribution in [-0.4, -0.2) is 57.3 Å². The van der Waals surface area contributed by atoms with E-state index in [4.69, 9.17) is 0 Å². The maximum absolute atomic E-state index is 11.7. The number of carbonyl (C=O) groups excluding carboxylic acids is 1. The fourth-order valence-corrected chi connectivity index (χ4v) is 4.11. The summed E-state index contributed by atoms with van der Waals surface area (Å²) in [5.41, 5.74) is 0. The summed E-state index contributed by atoms with van der Waals surface area (Å²) >= 11 is 0. The number of nitrogens with zero attached hydrogens (tertiary/aromatic N) is 1. The zero-order chi connectivity index (χ0) is 23.2. The maximum Gasteiger partial charge on any atom is 0.362 e. The van der Waals surface area contributed by atoms with Gasteiger partial charge in [0, 0.05) is 0 Å². The molecule has 0 amide bonds. The molecule has 7 nitrogen and oxygen atoms in total. The van der Waals surface area contributed by atoms with E-state index in [1.165, 1.54) is 33.6 Å². The highest BCUT2D eigenvalue weighted by atomic mass is 16.4. The van der Waals surface area contributed by atoms with E-state index < -0.39 is 40.5 Å². The van der Waals surface area contributed by atoms with Crippen LogP contribution in [0.2, 0.25) is 0 Å². The molecule has 0 heterocycles. The smallest absolute Gasteiger partial charge is 0.362 e. The average molecular weight is 428 g/mol. The Morgan fingerprint density at radius 1 is 0.767 bits per heavy atom. The normalized spacial score (nSPS) is 16.7. The third kappa shape index (κ3) is 8.86. The van der Waals surface area contributed by atoms with Gasteiger partial charge in [-0.1, -0.05) is 51.2 Å². The number of carboxylic acid groups (broad SMARTS) is 3. The van der Waals surface area contributed by atoms with Crippen LogP contribution in [0.5, 0.6) is 0 Å². The van der Waals surface area contributed by atoms with Crippen molar-refractivity contribution in [1.82, 2.24) is 0 Å². The predicted octanol–water partition coefficient (Wildman–Crippen LogP) is 3.36. The van der Waals surface area contributed by atoms with Crippen molar-refractivity contribution in [3.05, 3.63) is 12.2 Å². The molecule has 2 N–H and O–H groups in total. The second-order valence-electron chi connectivity index (χ2n) is 8.27. The largest absolute Gasteiger partial charge is 0.544 e. The molecular weight excluding hydrogens is 386 g/mol. The summed E-state index contributed by atoms with van der Waals surface area (Å²) in [6.07, 6.45) is 14.8. The fraction of sp³-hybridized carbons (Fsp3) is 0.783. The fourth-order valence-electron chi connectivity index (χ4n) is 4.11. The molecule has 0 aliphatic heterocycles. The van der Waals surface area contributed by atoms with Gasteiger partial charge in [0.15, 0.2) is 12.1 Å². The van der Waals surface area contributed by atoms with Gasteiger partial charge in [0.25, 0.3) is 0 Å². The highest BCUT2D eigenvalue weighted by Gasteiger charge is 2.50. The third-order valence-electron chi connectivity index (χ3n) is 6.28. The van der Waals surface area contributed by atoms with E-state index in [2.05, 4.69) is 19.1 Å². The lowest BCUT2D eigenvalue weighted by Gasteiger charge is -2.49. The van der Waals surface area contributed by atoms with Crippen molar-refractivity contribution in [1.29, 1.82) is 0 Å². The first-order valence-electron chi connectivity index (χ1n) is 11.3. The van der Waals surface area contributed by atoms with E-state index in [9.17, 15) is 29.7 Å². The van der Waals surface area contributed by atoms with Crippen LogP contribution in [0.1, 0.15) is 91.9 Å². The van der Waals surface area contributed by atoms with Crippen LogP contribution in [-0.2, 0) is 14.4 Å². The molecule has 0 rings (SSSR count). The summed E-state index contributed by atoms with van der Waals surface area (Å²) in [6, 6.07) is -3.56. The SMILES string of the molecule is CCCC/C=C/CCCCCCCC[N+](C(C)C(=O)[O-])(C(C)C(=O)O)C(C)C(=O)O. The van der Waals surface area contributed by atoms with Crippen LogP contribution in [0, 0.1) is 0 Å². The first-order valence-corrected chi connectivity index (χ1v) is 11.3. The van der Waals surface area contributed by atoms with Gasteiger partial charge in [-0.3, -0.25) is 4.48 Å². The lowest BCUT2D eigenvalue weighted by molar-refractivity contribution is -0.969. The number of allylic oxidation sites excluding steroid dienone is 2. The lowest BCUT2D eigenvalue weighted by atomic mass is 10.00. The topological polar surface area (TPSA) is 115 Å². The van der Waals surface area contributed by atoms with Crippen LogP contribution < -0.4 is 5.11 Å². The molecule has 0 bridgehead atoms. The van der Waals surface area contributed by atoms with Gasteiger partial charge in [0.1, 0.15) is 6.04 Å². The zero-order valence-electron chi connectivity index (χ0n) is 19.1. The molecule has 3 atom stereocenters. The van der Waals surface area contributed by atoms with Gasteiger partial charge in [0.05, 0.1) is 12.5 Å². The Hall–Kier alpha value is -1.89. The summed E-state index contributed by atoms with van der Waals surface area (Å²) in [7, 11) is 0. The number of hydrogen-bond acceptors (Lipinski definition) is 4. The third-order valence-corrected chi connectivity index (χ3v) is 6.28. The van der Waals surface area contributed by atoms with E-state index in [-0.39, 0.29) is 6.54 Å². The Morgan fingerprint density at radius 2 is 1.20 bits per heavy atom. The summed E-state index contributed by atoms with van der Waals surface area (Å²) in [6.45, 7) is 6.48. The molecule has 30 heavy (non-hydrogen) atoms. The minimum absolute atomic E-state index is 0.177. The molecule has 0 aromatic carbocycles. The van der Waals surface area contributed by atoms with Crippen LogP contribution in [0.15, 0.2) is 12.2 Å². The van der Waals surface area contributed by atoms with Crippen molar-refractivity contribution in [2.45, 2.75) is 110 Å². The first kappa shape index (κ1) is 28.1. The molecule has 0 spiro atoms.